The van der Waals surface area contributed by atoms with E-state index in [1.54, 1.807) is 13.8 Å². The van der Waals surface area contributed by atoms with Crippen molar-refractivity contribution in [2.75, 3.05) is 0 Å². The lowest BCUT2D eigenvalue weighted by Gasteiger charge is -2.53. The maximum Gasteiger partial charge on any atom is 0.354 e. The fraction of sp³-hybridized carbons (Fsp3) is 0.882. The Morgan fingerprint density at radius 1 is 0.793 bits per heavy atom. The van der Waals surface area contributed by atoms with Crippen LogP contribution in [-0.2, 0) is 19.3 Å². The highest BCUT2D eigenvalue weighted by molar-refractivity contribution is 5.76. The van der Waals surface area contributed by atoms with Crippen LogP contribution >= 0.6 is 0 Å². The first-order valence-corrected chi connectivity index (χ1v) is 9.38. The molecular weight excluding hydrogens is 388 g/mol. The molecule has 2 unspecified atom stereocenters. The molecule has 1 spiro atoms. The van der Waals surface area contributed by atoms with Gasteiger partial charge < -0.3 is 30.1 Å². The number of rotatable bonds is 1. The first-order chi connectivity index (χ1) is 13.1. The van der Waals surface area contributed by atoms with Crippen LogP contribution in [0, 0.1) is 10.8 Å². The van der Waals surface area contributed by atoms with Crippen molar-refractivity contribution in [3.63, 3.8) is 0 Å². The molecule has 2 aliphatic heterocycles. The Labute approximate surface area is 168 Å². The van der Waals surface area contributed by atoms with E-state index < -0.39 is 58.8 Å². The number of carbonyl (C=O) groups excluding carboxylic acids is 2. The van der Waals surface area contributed by atoms with E-state index in [1.165, 1.54) is 27.7 Å². The predicted octanol–water partition coefficient (Wildman–Crippen LogP) is -2.48. The van der Waals surface area contributed by atoms with Gasteiger partial charge in [0.25, 0.3) is 0 Å². The third-order valence-corrected chi connectivity index (χ3v) is 6.19. The van der Waals surface area contributed by atoms with E-state index >= 15 is 0 Å². The van der Waals surface area contributed by atoms with E-state index in [0.717, 1.165) is 0 Å². The molecule has 12 heteroatoms. The Balaban J connectivity index is 2.61. The first-order valence-electron chi connectivity index (χ1n) is 9.38. The molecule has 0 aromatic rings. The second-order valence-corrected chi connectivity index (χ2v) is 9.02. The molecule has 0 amide bonds. The molecule has 2 fully saturated rings. The number of hydrogen-bond donors (Lipinski definition) is 8. The highest BCUT2D eigenvalue weighted by atomic mass is 16.7. The number of hydroxylamine groups is 2. The number of nitrogens with one attached hydrogen (secondary N) is 4. The smallest absolute Gasteiger partial charge is 0.354 e. The molecule has 0 aromatic carbocycles. The van der Waals surface area contributed by atoms with Crippen LogP contribution in [0.2, 0.25) is 0 Å². The third-order valence-electron chi connectivity index (χ3n) is 6.19. The summed E-state index contributed by atoms with van der Waals surface area (Å²) in [5.41, 5.74) is 0.790. The van der Waals surface area contributed by atoms with Crippen LogP contribution in [0.1, 0.15) is 48.0 Å². The van der Waals surface area contributed by atoms with Gasteiger partial charge in [0.15, 0.2) is 18.0 Å². The van der Waals surface area contributed by atoms with E-state index in [2.05, 4.69) is 21.6 Å². The monoisotopic (exact) mass is 420 g/mol. The molecule has 0 bridgehead atoms. The van der Waals surface area contributed by atoms with Gasteiger partial charge in [0.05, 0.1) is 5.54 Å². The largest absolute Gasteiger partial charge is 0.381 e. The van der Waals surface area contributed by atoms with Crippen LogP contribution in [-0.4, -0.2) is 68.4 Å². The molecule has 0 aliphatic carbocycles. The van der Waals surface area contributed by atoms with Gasteiger partial charge in [-0.1, -0.05) is 34.6 Å². The Morgan fingerprint density at radius 2 is 1.17 bits per heavy atom. The molecule has 12 nitrogen and oxygen atoms in total. The van der Waals surface area contributed by atoms with Gasteiger partial charge in [-0.2, -0.15) is 0 Å². The zero-order valence-electron chi connectivity index (χ0n) is 17.4. The Bertz CT molecular complexity index is 659. The van der Waals surface area contributed by atoms with Crippen LogP contribution in [0.5, 0.6) is 0 Å². The molecule has 2 saturated heterocycles. The molecule has 2 rings (SSSR count). The lowest BCUT2D eigenvalue weighted by Crippen LogP contribution is -2.85. The van der Waals surface area contributed by atoms with Gasteiger partial charge in [-0.15, -0.1) is 11.0 Å². The summed E-state index contributed by atoms with van der Waals surface area (Å²) in [6, 6.07) is 0. The minimum Gasteiger partial charge on any atom is -0.381 e. The Morgan fingerprint density at radius 3 is 1.55 bits per heavy atom. The number of hydrogen-bond acceptors (Lipinski definition) is 12. The Hall–Kier alpha value is -1.38. The SMILES string of the molecule is CCC1(C)NOC(=O)[C@H](O)C(C)(C)C(O)N[C@]12NOC(=O)[C@H](O)C(C)(C)[C@@H](O)N2. The van der Waals surface area contributed by atoms with Crippen molar-refractivity contribution in [1.82, 2.24) is 21.6 Å². The van der Waals surface area contributed by atoms with Crippen molar-refractivity contribution in [2.45, 2.75) is 84.0 Å². The van der Waals surface area contributed by atoms with Crippen molar-refractivity contribution in [2.24, 2.45) is 10.8 Å². The summed E-state index contributed by atoms with van der Waals surface area (Å²) in [6.45, 7) is 9.04. The molecule has 29 heavy (non-hydrogen) atoms. The van der Waals surface area contributed by atoms with Crippen molar-refractivity contribution < 1.29 is 39.7 Å². The summed E-state index contributed by atoms with van der Waals surface area (Å²) >= 11 is 0. The maximum absolute atomic E-state index is 12.3. The third kappa shape index (κ3) is 3.86. The molecule has 0 aromatic heterocycles. The molecule has 8 N–H and O–H groups in total. The van der Waals surface area contributed by atoms with Crippen LogP contribution in [0.3, 0.4) is 0 Å². The number of aliphatic hydroxyl groups is 4. The molecule has 168 valence electrons. The van der Waals surface area contributed by atoms with E-state index in [1.807, 2.05) is 0 Å². The number of carbonyl (C=O) groups is 2. The fourth-order valence-corrected chi connectivity index (χ4v) is 3.04. The van der Waals surface area contributed by atoms with Gasteiger partial charge in [-0.3, -0.25) is 10.6 Å². The van der Waals surface area contributed by atoms with E-state index in [-0.39, 0.29) is 6.42 Å². The topological polar surface area (TPSA) is 182 Å². The molecule has 2 heterocycles. The van der Waals surface area contributed by atoms with Gasteiger partial charge in [-0.05, 0) is 13.3 Å². The average molecular weight is 420 g/mol. The van der Waals surface area contributed by atoms with Crippen molar-refractivity contribution in [3.05, 3.63) is 0 Å². The van der Waals surface area contributed by atoms with Gasteiger partial charge in [0.2, 0.25) is 0 Å². The lowest BCUT2D eigenvalue weighted by atomic mass is 9.80. The summed E-state index contributed by atoms with van der Waals surface area (Å²) in [7, 11) is 0. The van der Waals surface area contributed by atoms with Gasteiger partial charge in [-0.25, -0.2) is 9.59 Å². The summed E-state index contributed by atoms with van der Waals surface area (Å²) in [4.78, 5) is 34.6. The molecule has 0 radical (unpaired) electrons. The highest BCUT2D eigenvalue weighted by Crippen LogP contribution is 2.35. The van der Waals surface area contributed by atoms with E-state index in [0.29, 0.717) is 0 Å². The van der Waals surface area contributed by atoms with Gasteiger partial charge >= 0.3 is 11.9 Å². The lowest BCUT2D eigenvalue weighted by molar-refractivity contribution is -0.218. The maximum atomic E-state index is 12.3. The normalized spacial score (nSPS) is 43.2. The van der Waals surface area contributed by atoms with Gasteiger partial charge in [0.1, 0.15) is 12.5 Å². The van der Waals surface area contributed by atoms with E-state index in [9.17, 15) is 30.0 Å². The summed E-state index contributed by atoms with van der Waals surface area (Å²) < 4.78 is 0. The zero-order chi connectivity index (χ0) is 22.4. The summed E-state index contributed by atoms with van der Waals surface area (Å²) in [5.74, 6) is -3.89. The van der Waals surface area contributed by atoms with Crippen LogP contribution < -0.4 is 21.6 Å². The quantitative estimate of drug-likeness (QED) is 0.224. The molecular formula is C17H32N4O8. The van der Waals surface area contributed by atoms with Crippen LogP contribution in [0.4, 0.5) is 0 Å². The standard InChI is InChI=1S/C17H32N4O8/c1-7-16(6)17(18-12(26)14(2,3)8(22)10(24)28-20-16)19-13(27)15(4,5)9(23)11(25)29-21-17/h8-9,12-13,18-23,26-27H,7H2,1-6H3/t8-,9-,12?,13+,16?,17+/m0/s1. The second-order valence-electron chi connectivity index (χ2n) is 9.02. The molecule has 6 atom stereocenters. The Kier molecular flexibility index (Phi) is 6.35. The minimum atomic E-state index is -1.81. The minimum absolute atomic E-state index is 0.212. The highest BCUT2D eigenvalue weighted by Gasteiger charge is 2.59. The van der Waals surface area contributed by atoms with Crippen LogP contribution in [0.15, 0.2) is 0 Å². The van der Waals surface area contributed by atoms with Gasteiger partial charge in [0, 0.05) is 10.8 Å². The average Bonchev–Trinajstić information content (AvgIpc) is 2.68. The van der Waals surface area contributed by atoms with E-state index in [4.69, 9.17) is 9.68 Å². The zero-order valence-corrected chi connectivity index (χ0v) is 17.4. The van der Waals surface area contributed by atoms with Crippen molar-refractivity contribution in [1.29, 1.82) is 0 Å². The molecule has 0 saturated carbocycles. The fourth-order valence-electron chi connectivity index (χ4n) is 3.04. The predicted molar refractivity (Wildman–Crippen MR) is 97.7 cm³/mol. The summed E-state index contributed by atoms with van der Waals surface area (Å²) in [5, 5.41) is 47.8. The van der Waals surface area contributed by atoms with Crippen LogP contribution in [0.25, 0.3) is 0 Å². The summed E-state index contributed by atoms with van der Waals surface area (Å²) in [6.07, 6.45) is -6.19. The second kappa shape index (κ2) is 7.71. The van der Waals surface area contributed by atoms with Crippen molar-refractivity contribution >= 4 is 11.9 Å². The first kappa shape index (κ1) is 23.9. The number of aliphatic hydroxyl groups excluding tert-OH is 4. The molecule has 2 aliphatic rings. The van der Waals surface area contributed by atoms with Crippen molar-refractivity contribution in [3.8, 4) is 0 Å².